The number of carbonyl (C=O) groups is 2. The standard InChI is InChI=1S/C26H25N3O5/c1-3-34-24-16-19(11-14-23(24)30)17-27-29-26(32)22(15-18-9-12-21(33-2)13-10-18)28-25(31)20-7-5-4-6-8-20/h4-17,30H,3H2,1-2H3,(H,28,31)(H,29,32)/b22-15+,27-17+. The molecule has 0 aromatic heterocycles. The molecule has 3 aromatic carbocycles. The van der Waals surface area contributed by atoms with E-state index in [1.165, 1.54) is 12.3 Å². The molecule has 0 aliphatic carbocycles. The largest absolute Gasteiger partial charge is 0.504 e. The summed E-state index contributed by atoms with van der Waals surface area (Å²) in [5.74, 6) is -0.0507. The van der Waals surface area contributed by atoms with E-state index in [9.17, 15) is 14.7 Å². The fourth-order valence-corrected chi connectivity index (χ4v) is 2.92. The fraction of sp³-hybridized carbons (Fsp3) is 0.115. The summed E-state index contributed by atoms with van der Waals surface area (Å²) in [7, 11) is 1.56. The Bertz CT molecular complexity index is 1190. The SMILES string of the molecule is CCOc1cc(/C=N/NC(=O)/C(=C\c2ccc(OC)cc2)NC(=O)c2ccccc2)ccc1O. The Morgan fingerprint density at radius 1 is 1.00 bits per heavy atom. The zero-order chi connectivity index (χ0) is 24.3. The van der Waals surface area contributed by atoms with Crippen LogP contribution in [0.25, 0.3) is 6.08 Å². The summed E-state index contributed by atoms with van der Waals surface area (Å²) >= 11 is 0. The lowest BCUT2D eigenvalue weighted by Crippen LogP contribution is -2.32. The van der Waals surface area contributed by atoms with Crippen LogP contribution in [0, 0.1) is 0 Å². The maximum absolute atomic E-state index is 12.9. The highest BCUT2D eigenvalue weighted by molar-refractivity contribution is 6.05. The lowest BCUT2D eigenvalue weighted by Gasteiger charge is -2.10. The Morgan fingerprint density at radius 3 is 2.38 bits per heavy atom. The molecule has 0 saturated heterocycles. The van der Waals surface area contributed by atoms with Gasteiger partial charge in [-0.3, -0.25) is 9.59 Å². The smallest absolute Gasteiger partial charge is 0.287 e. The molecule has 2 amide bonds. The Labute approximate surface area is 197 Å². The first-order chi connectivity index (χ1) is 16.5. The molecule has 0 bridgehead atoms. The summed E-state index contributed by atoms with van der Waals surface area (Å²) < 4.78 is 10.5. The number of carbonyl (C=O) groups excluding carboxylic acids is 2. The zero-order valence-electron chi connectivity index (χ0n) is 18.8. The van der Waals surface area contributed by atoms with E-state index in [0.29, 0.717) is 34.8 Å². The van der Waals surface area contributed by atoms with E-state index in [1.54, 1.807) is 86.8 Å². The van der Waals surface area contributed by atoms with Crippen molar-refractivity contribution >= 4 is 24.1 Å². The van der Waals surface area contributed by atoms with Crippen LogP contribution in [0.2, 0.25) is 0 Å². The lowest BCUT2D eigenvalue weighted by atomic mass is 10.1. The molecule has 0 saturated carbocycles. The van der Waals surface area contributed by atoms with E-state index in [1.807, 2.05) is 0 Å². The van der Waals surface area contributed by atoms with E-state index in [0.717, 1.165) is 0 Å². The van der Waals surface area contributed by atoms with Gasteiger partial charge in [0.05, 0.1) is 19.9 Å². The van der Waals surface area contributed by atoms with Gasteiger partial charge >= 0.3 is 0 Å². The first kappa shape index (κ1) is 24.1. The minimum Gasteiger partial charge on any atom is -0.504 e. The van der Waals surface area contributed by atoms with Crippen LogP contribution in [-0.4, -0.2) is 36.9 Å². The molecule has 0 heterocycles. The lowest BCUT2D eigenvalue weighted by molar-refractivity contribution is -0.117. The number of ether oxygens (including phenoxy) is 2. The molecule has 0 spiro atoms. The molecular formula is C26H25N3O5. The van der Waals surface area contributed by atoms with Crippen molar-refractivity contribution in [1.82, 2.24) is 10.7 Å². The molecule has 174 valence electrons. The minimum atomic E-state index is -0.611. The number of nitrogens with zero attached hydrogens (tertiary/aromatic N) is 1. The van der Waals surface area contributed by atoms with Crippen molar-refractivity contribution in [2.75, 3.05) is 13.7 Å². The number of hydrogen-bond donors (Lipinski definition) is 3. The van der Waals surface area contributed by atoms with Crippen LogP contribution in [0.5, 0.6) is 17.2 Å². The Balaban J connectivity index is 1.79. The first-order valence-electron chi connectivity index (χ1n) is 10.5. The number of hydrogen-bond acceptors (Lipinski definition) is 6. The summed E-state index contributed by atoms with van der Waals surface area (Å²) in [6, 6.07) is 20.3. The van der Waals surface area contributed by atoms with E-state index in [4.69, 9.17) is 9.47 Å². The third-order valence-corrected chi connectivity index (χ3v) is 4.62. The van der Waals surface area contributed by atoms with Gasteiger partial charge in [0.1, 0.15) is 11.4 Å². The summed E-state index contributed by atoms with van der Waals surface area (Å²) in [6.45, 7) is 2.20. The molecule has 8 heteroatoms. The van der Waals surface area contributed by atoms with Crippen LogP contribution in [0.15, 0.2) is 83.6 Å². The number of amides is 2. The highest BCUT2D eigenvalue weighted by Crippen LogP contribution is 2.26. The van der Waals surface area contributed by atoms with Crippen LogP contribution in [0.3, 0.4) is 0 Å². The van der Waals surface area contributed by atoms with Crippen molar-refractivity contribution in [3.05, 3.63) is 95.2 Å². The summed E-state index contributed by atoms with van der Waals surface area (Å²) in [4.78, 5) is 25.5. The zero-order valence-corrected chi connectivity index (χ0v) is 18.8. The molecular weight excluding hydrogens is 434 g/mol. The fourth-order valence-electron chi connectivity index (χ4n) is 2.92. The van der Waals surface area contributed by atoms with Crippen LogP contribution < -0.4 is 20.2 Å². The number of phenols is 1. The van der Waals surface area contributed by atoms with Gasteiger partial charge in [0.15, 0.2) is 11.5 Å². The maximum Gasteiger partial charge on any atom is 0.287 e. The van der Waals surface area contributed by atoms with Gasteiger partial charge in [-0.25, -0.2) is 5.43 Å². The first-order valence-corrected chi connectivity index (χ1v) is 10.5. The molecule has 0 unspecified atom stereocenters. The topological polar surface area (TPSA) is 109 Å². The van der Waals surface area contributed by atoms with E-state index < -0.39 is 11.8 Å². The quantitative estimate of drug-likeness (QED) is 0.257. The Hall–Kier alpha value is -4.59. The summed E-state index contributed by atoms with van der Waals surface area (Å²) in [5.41, 5.74) is 4.13. The van der Waals surface area contributed by atoms with Gasteiger partial charge in [0.2, 0.25) is 0 Å². The van der Waals surface area contributed by atoms with E-state index in [2.05, 4.69) is 15.8 Å². The Kier molecular flexibility index (Phi) is 8.40. The third-order valence-electron chi connectivity index (χ3n) is 4.62. The van der Waals surface area contributed by atoms with Gasteiger partial charge in [-0.05, 0) is 66.6 Å². The average Bonchev–Trinajstić information content (AvgIpc) is 2.86. The number of benzene rings is 3. The number of rotatable bonds is 9. The number of aromatic hydroxyl groups is 1. The molecule has 3 aromatic rings. The highest BCUT2D eigenvalue weighted by Gasteiger charge is 2.14. The van der Waals surface area contributed by atoms with Crippen molar-refractivity contribution < 1.29 is 24.2 Å². The second-order valence-electron chi connectivity index (χ2n) is 7.01. The van der Waals surface area contributed by atoms with Gasteiger partial charge in [0, 0.05) is 5.56 Å². The van der Waals surface area contributed by atoms with Crippen molar-refractivity contribution in [2.24, 2.45) is 5.10 Å². The third kappa shape index (κ3) is 6.70. The van der Waals surface area contributed by atoms with E-state index >= 15 is 0 Å². The highest BCUT2D eigenvalue weighted by atomic mass is 16.5. The van der Waals surface area contributed by atoms with Crippen molar-refractivity contribution in [3.63, 3.8) is 0 Å². The molecule has 0 atom stereocenters. The molecule has 0 aliphatic rings. The normalized spacial score (nSPS) is 11.2. The monoisotopic (exact) mass is 459 g/mol. The second kappa shape index (κ2) is 11.9. The minimum absolute atomic E-state index is 0.0105. The molecule has 0 fully saturated rings. The van der Waals surface area contributed by atoms with Gasteiger partial charge in [-0.1, -0.05) is 30.3 Å². The van der Waals surface area contributed by atoms with Crippen LogP contribution in [0.1, 0.15) is 28.4 Å². The summed E-state index contributed by atoms with van der Waals surface area (Å²) in [5, 5.41) is 16.4. The van der Waals surface area contributed by atoms with Crippen molar-refractivity contribution in [1.29, 1.82) is 0 Å². The van der Waals surface area contributed by atoms with Gasteiger partial charge in [0.25, 0.3) is 11.8 Å². The average molecular weight is 460 g/mol. The van der Waals surface area contributed by atoms with Crippen molar-refractivity contribution in [3.8, 4) is 17.2 Å². The second-order valence-corrected chi connectivity index (χ2v) is 7.01. The number of nitrogens with one attached hydrogen (secondary N) is 2. The predicted molar refractivity (Wildman–Crippen MR) is 130 cm³/mol. The van der Waals surface area contributed by atoms with Crippen LogP contribution in [-0.2, 0) is 4.79 Å². The van der Waals surface area contributed by atoms with E-state index in [-0.39, 0.29) is 11.4 Å². The van der Waals surface area contributed by atoms with Gasteiger partial charge in [-0.2, -0.15) is 5.10 Å². The molecule has 3 rings (SSSR count). The summed E-state index contributed by atoms with van der Waals surface area (Å²) in [6.07, 6.45) is 2.95. The van der Waals surface area contributed by atoms with Crippen molar-refractivity contribution in [2.45, 2.75) is 6.92 Å². The Morgan fingerprint density at radius 2 is 1.71 bits per heavy atom. The molecule has 0 radical (unpaired) electrons. The molecule has 3 N–H and O–H groups in total. The van der Waals surface area contributed by atoms with Crippen LogP contribution >= 0.6 is 0 Å². The predicted octanol–water partition coefficient (Wildman–Crippen LogP) is 3.72. The molecule has 0 aliphatic heterocycles. The van der Waals surface area contributed by atoms with Crippen LogP contribution in [0.4, 0.5) is 0 Å². The van der Waals surface area contributed by atoms with Gasteiger partial charge in [-0.15, -0.1) is 0 Å². The maximum atomic E-state index is 12.9. The molecule has 34 heavy (non-hydrogen) atoms. The number of methoxy groups -OCH3 is 1. The molecule has 8 nitrogen and oxygen atoms in total. The number of hydrazone groups is 1. The number of phenolic OH excluding ortho intramolecular Hbond substituents is 1. The van der Waals surface area contributed by atoms with Gasteiger partial charge < -0.3 is 19.9 Å².